The fourth-order valence-electron chi connectivity index (χ4n) is 3.53. The molecular formula is C25H26N2O3. The molecule has 5 nitrogen and oxygen atoms in total. The largest absolute Gasteiger partial charge is 0.486 e. The lowest BCUT2D eigenvalue weighted by Gasteiger charge is -2.31. The number of likely N-dealkylation sites (N-methyl/N-ethyl adjacent to an activating group) is 1. The molecule has 3 aromatic carbocycles. The van der Waals surface area contributed by atoms with E-state index >= 15 is 0 Å². The van der Waals surface area contributed by atoms with Crippen LogP contribution in [-0.4, -0.2) is 43.2 Å². The van der Waals surface area contributed by atoms with Gasteiger partial charge in [0.1, 0.15) is 12.7 Å². The van der Waals surface area contributed by atoms with Crippen molar-refractivity contribution in [2.45, 2.75) is 19.1 Å². The number of fused-ring (bicyclic) bond motifs is 1. The van der Waals surface area contributed by atoms with E-state index in [4.69, 9.17) is 9.47 Å². The third-order valence-electron chi connectivity index (χ3n) is 5.37. The third kappa shape index (κ3) is 4.47. The molecule has 4 rings (SSSR count). The van der Waals surface area contributed by atoms with Crippen molar-refractivity contribution in [3.05, 3.63) is 78.9 Å². The highest BCUT2D eigenvalue weighted by atomic mass is 16.6. The van der Waals surface area contributed by atoms with Crippen molar-refractivity contribution in [2.24, 2.45) is 0 Å². The van der Waals surface area contributed by atoms with Crippen molar-refractivity contribution in [1.29, 1.82) is 0 Å². The van der Waals surface area contributed by atoms with Gasteiger partial charge >= 0.3 is 0 Å². The van der Waals surface area contributed by atoms with Gasteiger partial charge in [0.15, 0.2) is 11.5 Å². The van der Waals surface area contributed by atoms with Gasteiger partial charge in [-0.2, -0.15) is 0 Å². The van der Waals surface area contributed by atoms with Crippen LogP contribution in [0, 0.1) is 0 Å². The summed E-state index contributed by atoms with van der Waals surface area (Å²) in [6.45, 7) is 2.95. The topological polar surface area (TPSA) is 50.8 Å². The standard InChI is InChI=1S/C25H26N2O3/c1-18(27(2)16-20-17-29-23-14-8-9-15-24(23)30-20)25(28)26-22-13-7-6-12-21(22)19-10-4-3-5-11-19/h3-15,18,20H,16-17H2,1-2H3,(H,26,28)/t18-,20-/m0/s1. The van der Waals surface area contributed by atoms with E-state index in [0.717, 1.165) is 28.3 Å². The van der Waals surface area contributed by atoms with Crippen LogP contribution in [-0.2, 0) is 4.79 Å². The fourth-order valence-corrected chi connectivity index (χ4v) is 3.53. The summed E-state index contributed by atoms with van der Waals surface area (Å²) in [5, 5.41) is 3.09. The first kappa shape index (κ1) is 20.0. The molecule has 0 aromatic heterocycles. The predicted octanol–water partition coefficient (Wildman–Crippen LogP) is 4.45. The molecule has 30 heavy (non-hydrogen) atoms. The van der Waals surface area contributed by atoms with Crippen LogP contribution < -0.4 is 14.8 Å². The Labute approximate surface area is 177 Å². The Hall–Kier alpha value is -3.31. The molecule has 1 aliphatic rings. The van der Waals surface area contributed by atoms with Gasteiger partial charge in [0, 0.05) is 17.8 Å². The summed E-state index contributed by atoms with van der Waals surface area (Å²) in [4.78, 5) is 14.9. The zero-order valence-corrected chi connectivity index (χ0v) is 17.2. The lowest BCUT2D eigenvalue weighted by molar-refractivity contribution is -0.120. The van der Waals surface area contributed by atoms with Crippen LogP contribution in [0.3, 0.4) is 0 Å². The lowest BCUT2D eigenvalue weighted by atomic mass is 10.0. The van der Waals surface area contributed by atoms with Crippen LogP contribution in [0.4, 0.5) is 5.69 Å². The quantitative estimate of drug-likeness (QED) is 0.662. The second-order valence-corrected chi connectivity index (χ2v) is 7.51. The van der Waals surface area contributed by atoms with Gasteiger partial charge in [-0.3, -0.25) is 9.69 Å². The highest BCUT2D eigenvalue weighted by Gasteiger charge is 2.26. The fraction of sp³-hybridized carbons (Fsp3) is 0.240. The summed E-state index contributed by atoms with van der Waals surface area (Å²) < 4.78 is 11.8. The van der Waals surface area contributed by atoms with Crippen molar-refractivity contribution >= 4 is 11.6 Å². The average molecular weight is 402 g/mol. The van der Waals surface area contributed by atoms with E-state index in [2.05, 4.69) is 5.32 Å². The molecule has 0 bridgehead atoms. The normalized spacial score (nSPS) is 16.2. The summed E-state index contributed by atoms with van der Waals surface area (Å²) in [7, 11) is 1.93. The molecule has 1 heterocycles. The SMILES string of the molecule is C[C@@H](C(=O)Nc1ccccc1-c1ccccc1)N(C)C[C@H]1COc2ccccc2O1. The maximum Gasteiger partial charge on any atom is 0.241 e. The minimum atomic E-state index is -0.324. The zero-order chi connectivity index (χ0) is 20.9. The summed E-state index contributed by atoms with van der Waals surface area (Å²) in [5.41, 5.74) is 2.88. The summed E-state index contributed by atoms with van der Waals surface area (Å²) in [5.74, 6) is 1.45. The lowest BCUT2D eigenvalue weighted by Crippen LogP contribution is -2.46. The molecule has 0 aliphatic carbocycles. The van der Waals surface area contributed by atoms with Crippen LogP contribution in [0.2, 0.25) is 0 Å². The van der Waals surface area contributed by atoms with E-state index in [1.54, 1.807) is 0 Å². The molecule has 2 atom stereocenters. The van der Waals surface area contributed by atoms with Crippen LogP contribution in [0.15, 0.2) is 78.9 Å². The van der Waals surface area contributed by atoms with E-state index in [-0.39, 0.29) is 18.1 Å². The smallest absolute Gasteiger partial charge is 0.241 e. The highest BCUT2D eigenvalue weighted by Crippen LogP contribution is 2.31. The number of hydrogen-bond acceptors (Lipinski definition) is 4. The Morgan fingerprint density at radius 1 is 1.00 bits per heavy atom. The van der Waals surface area contributed by atoms with Gasteiger partial charge in [-0.15, -0.1) is 0 Å². The monoisotopic (exact) mass is 402 g/mol. The van der Waals surface area contributed by atoms with Gasteiger partial charge in [-0.25, -0.2) is 0 Å². The number of carbonyl (C=O) groups is 1. The maximum absolute atomic E-state index is 13.0. The van der Waals surface area contributed by atoms with Crippen LogP contribution in [0.5, 0.6) is 11.5 Å². The molecule has 1 N–H and O–H groups in total. The van der Waals surface area contributed by atoms with Crippen molar-refractivity contribution in [1.82, 2.24) is 4.90 Å². The van der Waals surface area contributed by atoms with E-state index in [1.807, 2.05) is 97.7 Å². The first-order chi connectivity index (χ1) is 14.6. The Kier molecular flexibility index (Phi) is 6.00. The molecule has 0 saturated heterocycles. The summed E-state index contributed by atoms with van der Waals surface area (Å²) in [6, 6.07) is 25.2. The van der Waals surface area contributed by atoms with Gasteiger partial charge in [0.05, 0.1) is 6.04 Å². The third-order valence-corrected chi connectivity index (χ3v) is 5.37. The number of para-hydroxylation sites is 3. The highest BCUT2D eigenvalue weighted by molar-refractivity contribution is 5.98. The second kappa shape index (κ2) is 9.01. The van der Waals surface area contributed by atoms with Crippen LogP contribution >= 0.6 is 0 Å². The van der Waals surface area contributed by atoms with Crippen molar-refractivity contribution in [3.8, 4) is 22.6 Å². The molecule has 3 aromatic rings. The average Bonchev–Trinajstić information content (AvgIpc) is 2.79. The molecule has 154 valence electrons. The molecular weight excluding hydrogens is 376 g/mol. The van der Waals surface area contributed by atoms with Gasteiger partial charge in [-0.05, 0) is 37.7 Å². The Morgan fingerprint density at radius 3 is 2.47 bits per heavy atom. The van der Waals surface area contributed by atoms with E-state index < -0.39 is 0 Å². The first-order valence-electron chi connectivity index (χ1n) is 10.2. The summed E-state index contributed by atoms with van der Waals surface area (Å²) >= 11 is 0. The van der Waals surface area contributed by atoms with Crippen molar-refractivity contribution in [3.63, 3.8) is 0 Å². The number of ether oxygens (including phenoxy) is 2. The molecule has 0 spiro atoms. The predicted molar refractivity (Wildman–Crippen MR) is 119 cm³/mol. The number of carbonyl (C=O) groups excluding carboxylic acids is 1. The maximum atomic E-state index is 13.0. The van der Waals surface area contributed by atoms with E-state index in [9.17, 15) is 4.79 Å². The number of nitrogens with zero attached hydrogens (tertiary/aromatic N) is 1. The van der Waals surface area contributed by atoms with E-state index in [0.29, 0.717) is 13.2 Å². The summed E-state index contributed by atoms with van der Waals surface area (Å²) in [6.07, 6.45) is -0.128. The van der Waals surface area contributed by atoms with Gasteiger partial charge in [0.25, 0.3) is 0 Å². The minimum absolute atomic E-state index is 0.0574. The zero-order valence-electron chi connectivity index (χ0n) is 17.2. The van der Waals surface area contributed by atoms with Crippen LogP contribution in [0.25, 0.3) is 11.1 Å². The Balaban J connectivity index is 1.40. The van der Waals surface area contributed by atoms with Crippen molar-refractivity contribution in [2.75, 3.05) is 25.5 Å². The number of rotatable bonds is 6. The molecule has 1 amide bonds. The number of anilines is 1. The number of nitrogens with one attached hydrogen (secondary N) is 1. The van der Waals surface area contributed by atoms with Gasteiger partial charge in [0.2, 0.25) is 5.91 Å². The molecule has 0 saturated carbocycles. The second-order valence-electron chi connectivity index (χ2n) is 7.51. The van der Waals surface area contributed by atoms with Crippen LogP contribution in [0.1, 0.15) is 6.92 Å². The first-order valence-corrected chi connectivity index (χ1v) is 10.2. The molecule has 0 fully saturated rings. The molecule has 0 radical (unpaired) electrons. The molecule has 1 aliphatic heterocycles. The van der Waals surface area contributed by atoms with E-state index in [1.165, 1.54) is 0 Å². The van der Waals surface area contributed by atoms with Gasteiger partial charge < -0.3 is 14.8 Å². The Morgan fingerprint density at radius 2 is 1.67 bits per heavy atom. The number of hydrogen-bond donors (Lipinski definition) is 1. The number of amides is 1. The van der Waals surface area contributed by atoms with Crippen molar-refractivity contribution < 1.29 is 14.3 Å². The minimum Gasteiger partial charge on any atom is -0.486 e. The van der Waals surface area contributed by atoms with Gasteiger partial charge in [-0.1, -0.05) is 60.7 Å². The Bertz CT molecular complexity index is 1010. The number of benzene rings is 3. The molecule has 0 unspecified atom stereocenters. The molecule has 5 heteroatoms.